The van der Waals surface area contributed by atoms with E-state index in [1.807, 2.05) is 18.2 Å². The molecule has 3 nitrogen and oxygen atoms in total. The zero-order chi connectivity index (χ0) is 20.2. The molecule has 27 heavy (non-hydrogen) atoms. The van der Waals surface area contributed by atoms with Crippen LogP contribution in [0.2, 0.25) is 0 Å². The number of carbonyl (C=O) groups excluding carboxylic acids is 1. The van der Waals surface area contributed by atoms with Gasteiger partial charge in [0.05, 0.1) is 0 Å². The van der Waals surface area contributed by atoms with E-state index in [9.17, 15) is 9.90 Å². The highest BCUT2D eigenvalue weighted by atomic mass is 16.6. The van der Waals surface area contributed by atoms with Crippen LogP contribution in [0.25, 0.3) is 0 Å². The molecule has 0 aliphatic heterocycles. The molecule has 0 amide bonds. The molecule has 1 saturated carbocycles. The van der Waals surface area contributed by atoms with E-state index in [1.54, 1.807) is 6.92 Å². The van der Waals surface area contributed by atoms with Gasteiger partial charge in [-0.05, 0) is 42.7 Å². The molecule has 1 aromatic carbocycles. The Morgan fingerprint density at radius 1 is 1.30 bits per heavy atom. The average molecular weight is 371 g/mol. The molecule has 0 aromatic heterocycles. The number of benzene rings is 1. The number of esters is 1. The fourth-order valence-corrected chi connectivity index (χ4v) is 4.29. The van der Waals surface area contributed by atoms with Crippen LogP contribution in [0.1, 0.15) is 58.9 Å². The van der Waals surface area contributed by atoms with E-state index in [0.29, 0.717) is 11.5 Å². The summed E-state index contributed by atoms with van der Waals surface area (Å²) in [6.45, 7) is 15.9. The third-order valence-corrected chi connectivity index (χ3v) is 6.02. The van der Waals surface area contributed by atoms with Crippen LogP contribution in [0.15, 0.2) is 55.1 Å². The van der Waals surface area contributed by atoms with Crippen LogP contribution in [-0.2, 0) is 14.9 Å². The van der Waals surface area contributed by atoms with Crippen molar-refractivity contribution in [1.29, 1.82) is 0 Å². The van der Waals surface area contributed by atoms with Crippen LogP contribution in [0, 0.1) is 11.8 Å². The highest BCUT2D eigenvalue weighted by Crippen LogP contribution is 2.44. The molecule has 4 atom stereocenters. The Bertz CT molecular complexity index is 676. The fraction of sp³-hybridized carbons (Fsp3) is 0.542. The Labute approximate surface area is 164 Å². The van der Waals surface area contributed by atoms with Crippen molar-refractivity contribution in [2.45, 2.75) is 70.5 Å². The first-order valence-corrected chi connectivity index (χ1v) is 9.87. The Hall–Kier alpha value is -1.87. The first-order chi connectivity index (χ1) is 12.6. The van der Waals surface area contributed by atoms with Gasteiger partial charge in [0.2, 0.25) is 0 Å². The molecule has 0 heterocycles. The van der Waals surface area contributed by atoms with Crippen molar-refractivity contribution in [3.63, 3.8) is 0 Å². The molecule has 1 aliphatic carbocycles. The number of hydrogen-bond donors (Lipinski definition) is 1. The summed E-state index contributed by atoms with van der Waals surface area (Å²) in [6, 6.07) is 10.4. The summed E-state index contributed by atoms with van der Waals surface area (Å²) in [5.41, 5.74) is 0.111. The summed E-state index contributed by atoms with van der Waals surface area (Å²) in [5.74, 6) is 0.0657. The lowest BCUT2D eigenvalue weighted by Crippen LogP contribution is -2.47. The molecule has 1 N–H and O–H groups in total. The molecule has 1 aliphatic rings. The average Bonchev–Trinajstić information content (AvgIpc) is 2.61. The number of ether oxygens (including phenoxy) is 1. The van der Waals surface area contributed by atoms with Gasteiger partial charge in [0.15, 0.2) is 5.60 Å². The Kier molecular flexibility index (Phi) is 6.69. The first kappa shape index (κ1) is 21.4. The van der Waals surface area contributed by atoms with Gasteiger partial charge in [-0.25, -0.2) is 4.79 Å². The first-order valence-electron chi connectivity index (χ1n) is 9.87. The number of aliphatic hydroxyl groups is 1. The standard InChI is InChI=1S/C24H34O3/c1-7-24(26,16-17(2)3)22(25)27-21-15-18(4)13-14-20(21)23(5,6)19-11-9-8-10-12-19/h7-12,18,20-21,26H,1-2,13-16H2,3-6H3/t18-,20-,21-,24?/m1/s1. The molecular weight excluding hydrogens is 336 g/mol. The van der Waals surface area contributed by atoms with Gasteiger partial charge in [-0.1, -0.05) is 69.7 Å². The van der Waals surface area contributed by atoms with E-state index < -0.39 is 11.6 Å². The van der Waals surface area contributed by atoms with E-state index in [2.05, 4.69) is 46.1 Å². The van der Waals surface area contributed by atoms with E-state index in [0.717, 1.165) is 19.3 Å². The van der Waals surface area contributed by atoms with E-state index >= 15 is 0 Å². The van der Waals surface area contributed by atoms with Crippen molar-refractivity contribution >= 4 is 5.97 Å². The molecule has 1 fully saturated rings. The van der Waals surface area contributed by atoms with Gasteiger partial charge >= 0.3 is 5.97 Å². The van der Waals surface area contributed by atoms with Crippen LogP contribution >= 0.6 is 0 Å². The molecule has 2 rings (SSSR count). The summed E-state index contributed by atoms with van der Waals surface area (Å²) in [6.07, 6.45) is 4.10. The molecule has 0 saturated heterocycles. The van der Waals surface area contributed by atoms with E-state index in [1.165, 1.54) is 11.6 Å². The molecule has 0 bridgehead atoms. The minimum absolute atomic E-state index is 0.129. The van der Waals surface area contributed by atoms with Gasteiger partial charge < -0.3 is 9.84 Å². The highest BCUT2D eigenvalue weighted by Gasteiger charge is 2.44. The zero-order valence-corrected chi connectivity index (χ0v) is 17.2. The largest absolute Gasteiger partial charge is 0.460 e. The third kappa shape index (κ3) is 4.90. The maximum Gasteiger partial charge on any atom is 0.342 e. The molecule has 0 radical (unpaired) electrons. The maximum atomic E-state index is 12.8. The quantitative estimate of drug-likeness (QED) is 0.530. The van der Waals surface area contributed by atoms with Gasteiger partial charge in [0.25, 0.3) is 0 Å². The van der Waals surface area contributed by atoms with Gasteiger partial charge in [-0.2, -0.15) is 0 Å². The predicted molar refractivity (Wildman–Crippen MR) is 110 cm³/mol. The Morgan fingerprint density at radius 3 is 2.48 bits per heavy atom. The van der Waals surface area contributed by atoms with Crippen molar-refractivity contribution in [3.8, 4) is 0 Å². The van der Waals surface area contributed by atoms with Gasteiger partial charge in [0, 0.05) is 12.3 Å². The number of carbonyl (C=O) groups is 1. The second-order valence-corrected chi connectivity index (χ2v) is 8.82. The van der Waals surface area contributed by atoms with Crippen molar-refractivity contribution in [2.75, 3.05) is 0 Å². The molecule has 0 spiro atoms. The monoisotopic (exact) mass is 370 g/mol. The minimum atomic E-state index is -1.71. The summed E-state index contributed by atoms with van der Waals surface area (Å²) in [7, 11) is 0. The van der Waals surface area contributed by atoms with Crippen LogP contribution in [0.5, 0.6) is 0 Å². The van der Waals surface area contributed by atoms with Crippen molar-refractivity contribution in [1.82, 2.24) is 0 Å². The van der Waals surface area contributed by atoms with Gasteiger partial charge in [0.1, 0.15) is 6.10 Å². The fourth-order valence-electron chi connectivity index (χ4n) is 4.29. The lowest BCUT2D eigenvalue weighted by molar-refractivity contribution is -0.173. The van der Waals surface area contributed by atoms with Crippen LogP contribution in [-0.4, -0.2) is 22.8 Å². The zero-order valence-electron chi connectivity index (χ0n) is 17.2. The Morgan fingerprint density at radius 2 is 1.93 bits per heavy atom. The summed E-state index contributed by atoms with van der Waals surface area (Å²) < 4.78 is 5.94. The van der Waals surface area contributed by atoms with Crippen molar-refractivity contribution < 1.29 is 14.6 Å². The topological polar surface area (TPSA) is 46.5 Å². The van der Waals surface area contributed by atoms with Gasteiger partial charge in [-0.3, -0.25) is 0 Å². The molecule has 1 unspecified atom stereocenters. The Balaban J connectivity index is 2.27. The second-order valence-electron chi connectivity index (χ2n) is 8.82. The number of hydrogen-bond acceptors (Lipinski definition) is 3. The highest BCUT2D eigenvalue weighted by molar-refractivity contribution is 5.82. The smallest absolute Gasteiger partial charge is 0.342 e. The normalized spacial score (nSPS) is 25.3. The van der Waals surface area contributed by atoms with Gasteiger partial charge in [-0.15, -0.1) is 6.58 Å². The molecular formula is C24H34O3. The lowest BCUT2D eigenvalue weighted by atomic mass is 9.64. The van der Waals surface area contributed by atoms with Crippen LogP contribution < -0.4 is 0 Å². The SMILES string of the molecule is C=CC(O)(CC(=C)C)C(=O)O[C@@H]1C[C@H](C)CC[C@H]1C(C)(C)c1ccccc1. The van der Waals surface area contributed by atoms with E-state index in [4.69, 9.17) is 4.74 Å². The second kappa shape index (κ2) is 8.43. The molecule has 148 valence electrons. The van der Waals surface area contributed by atoms with Crippen molar-refractivity contribution in [3.05, 3.63) is 60.7 Å². The van der Waals surface area contributed by atoms with Crippen LogP contribution in [0.4, 0.5) is 0 Å². The summed E-state index contributed by atoms with van der Waals surface area (Å²) in [5, 5.41) is 10.7. The van der Waals surface area contributed by atoms with E-state index in [-0.39, 0.29) is 23.9 Å². The maximum absolute atomic E-state index is 12.8. The summed E-state index contributed by atoms with van der Waals surface area (Å²) >= 11 is 0. The van der Waals surface area contributed by atoms with Crippen molar-refractivity contribution in [2.24, 2.45) is 11.8 Å². The van der Waals surface area contributed by atoms with Crippen LogP contribution in [0.3, 0.4) is 0 Å². The lowest BCUT2D eigenvalue weighted by Gasteiger charge is -2.44. The molecule has 1 aromatic rings. The number of rotatable bonds is 7. The third-order valence-electron chi connectivity index (χ3n) is 6.02. The summed E-state index contributed by atoms with van der Waals surface area (Å²) in [4.78, 5) is 12.8. The minimum Gasteiger partial charge on any atom is -0.460 e. The predicted octanol–water partition coefficient (Wildman–Crippen LogP) is 5.20. The molecule has 3 heteroatoms.